The number of aryl methyl sites for hydroxylation is 1. The highest BCUT2D eigenvalue weighted by Gasteiger charge is 2.26. The molecule has 1 atom stereocenters. The van der Waals surface area contributed by atoms with E-state index in [1.165, 1.54) is 10.9 Å². The molecule has 1 unspecified atom stereocenters. The number of nitrogens with two attached hydrogens (primary N) is 1. The monoisotopic (exact) mass is 303 g/mol. The maximum Gasteiger partial charge on any atom is 0.246 e. The second-order valence-electron chi connectivity index (χ2n) is 5.47. The van der Waals surface area contributed by atoms with Crippen molar-refractivity contribution in [2.45, 2.75) is 38.3 Å². The van der Waals surface area contributed by atoms with E-state index in [2.05, 4.69) is 9.82 Å². The fraction of sp³-hybridized carbons (Fsp3) is 0.750. The summed E-state index contributed by atoms with van der Waals surface area (Å²) in [7, 11) is 0.165. The minimum atomic E-state index is -3.66. The van der Waals surface area contributed by atoms with Crippen molar-refractivity contribution < 1.29 is 8.42 Å². The molecule has 116 valence electrons. The summed E-state index contributed by atoms with van der Waals surface area (Å²) in [4.78, 5) is 2.00. The van der Waals surface area contributed by atoms with Gasteiger partial charge < -0.3 is 10.6 Å². The van der Waals surface area contributed by atoms with Crippen molar-refractivity contribution in [2.75, 3.05) is 26.4 Å². The first-order valence-electron chi connectivity index (χ1n) is 6.67. The molecule has 0 aromatic carbocycles. The SMILES string of the molecule is CCn1cc(S(=O)(=O)NC(CN(C)C)C(C)C)c(N)n1. The molecule has 0 aliphatic carbocycles. The second kappa shape index (κ2) is 6.55. The van der Waals surface area contributed by atoms with Gasteiger partial charge in [0.1, 0.15) is 4.90 Å². The number of rotatable bonds is 7. The fourth-order valence-corrected chi connectivity index (χ4v) is 3.28. The zero-order valence-corrected chi connectivity index (χ0v) is 13.6. The van der Waals surface area contributed by atoms with E-state index in [1.807, 2.05) is 39.8 Å². The van der Waals surface area contributed by atoms with Crippen LogP contribution in [0.3, 0.4) is 0 Å². The number of nitrogens with zero attached hydrogens (tertiary/aromatic N) is 3. The number of likely N-dealkylation sites (N-methyl/N-ethyl adjacent to an activating group) is 1. The first-order chi connectivity index (χ1) is 9.17. The average Bonchev–Trinajstić information content (AvgIpc) is 2.69. The molecular formula is C12H25N5O2S. The summed E-state index contributed by atoms with van der Waals surface area (Å²) in [6, 6.07) is -0.181. The second-order valence-corrected chi connectivity index (χ2v) is 7.15. The van der Waals surface area contributed by atoms with Crippen molar-refractivity contribution in [1.29, 1.82) is 0 Å². The molecule has 0 bridgehead atoms. The number of hydrogen-bond acceptors (Lipinski definition) is 5. The molecule has 7 nitrogen and oxygen atoms in total. The van der Waals surface area contributed by atoms with Gasteiger partial charge in [-0.25, -0.2) is 13.1 Å². The third kappa shape index (κ3) is 4.19. The molecule has 0 fully saturated rings. The summed E-state index contributed by atoms with van der Waals surface area (Å²) in [6.07, 6.45) is 1.46. The predicted molar refractivity (Wildman–Crippen MR) is 79.8 cm³/mol. The van der Waals surface area contributed by atoms with Gasteiger partial charge in [-0.05, 0) is 26.9 Å². The van der Waals surface area contributed by atoms with E-state index in [0.717, 1.165) is 0 Å². The maximum absolute atomic E-state index is 12.4. The largest absolute Gasteiger partial charge is 0.381 e. The highest BCUT2D eigenvalue weighted by Crippen LogP contribution is 2.17. The maximum atomic E-state index is 12.4. The van der Waals surface area contributed by atoms with Gasteiger partial charge in [0, 0.05) is 25.3 Å². The molecule has 0 aliphatic heterocycles. The van der Waals surface area contributed by atoms with Crippen LogP contribution in [0.25, 0.3) is 0 Å². The molecule has 3 N–H and O–H groups in total. The highest BCUT2D eigenvalue weighted by molar-refractivity contribution is 7.89. The van der Waals surface area contributed by atoms with E-state index in [4.69, 9.17) is 5.73 Å². The van der Waals surface area contributed by atoms with Crippen LogP contribution in [0, 0.1) is 5.92 Å². The first kappa shape index (κ1) is 16.9. The van der Waals surface area contributed by atoms with Gasteiger partial charge in [0.05, 0.1) is 0 Å². The summed E-state index contributed by atoms with van der Waals surface area (Å²) in [5, 5.41) is 3.97. The van der Waals surface area contributed by atoms with Crippen LogP contribution in [0.4, 0.5) is 5.82 Å². The Morgan fingerprint density at radius 3 is 2.45 bits per heavy atom. The molecule has 0 radical (unpaired) electrons. The molecule has 0 saturated carbocycles. The first-order valence-corrected chi connectivity index (χ1v) is 8.15. The molecule has 1 heterocycles. The van der Waals surface area contributed by atoms with Gasteiger partial charge in [-0.3, -0.25) is 4.68 Å². The van der Waals surface area contributed by atoms with Crippen molar-refractivity contribution >= 4 is 15.8 Å². The van der Waals surface area contributed by atoms with E-state index >= 15 is 0 Å². The summed E-state index contributed by atoms with van der Waals surface area (Å²) in [6.45, 7) is 7.04. The number of sulfonamides is 1. The van der Waals surface area contributed by atoms with Crippen molar-refractivity contribution in [3.63, 3.8) is 0 Å². The van der Waals surface area contributed by atoms with E-state index in [0.29, 0.717) is 13.1 Å². The van der Waals surface area contributed by atoms with Crippen molar-refractivity contribution in [3.05, 3.63) is 6.20 Å². The van der Waals surface area contributed by atoms with Gasteiger partial charge in [-0.15, -0.1) is 0 Å². The summed E-state index contributed by atoms with van der Waals surface area (Å²) in [5.41, 5.74) is 5.69. The van der Waals surface area contributed by atoms with Gasteiger partial charge in [0.15, 0.2) is 5.82 Å². The molecular weight excluding hydrogens is 278 g/mol. The van der Waals surface area contributed by atoms with Gasteiger partial charge in [-0.1, -0.05) is 13.8 Å². The Bertz CT molecular complexity index is 536. The third-order valence-corrected chi connectivity index (χ3v) is 4.55. The van der Waals surface area contributed by atoms with Crippen molar-refractivity contribution in [1.82, 2.24) is 19.4 Å². The fourth-order valence-electron chi connectivity index (χ4n) is 1.83. The number of nitrogen functional groups attached to an aromatic ring is 1. The average molecular weight is 303 g/mol. The number of aromatic nitrogens is 2. The Hall–Kier alpha value is -1.12. The molecule has 20 heavy (non-hydrogen) atoms. The van der Waals surface area contributed by atoms with Gasteiger partial charge in [0.2, 0.25) is 10.0 Å². The van der Waals surface area contributed by atoms with Crippen LogP contribution in [0.15, 0.2) is 11.1 Å². The zero-order valence-electron chi connectivity index (χ0n) is 12.8. The van der Waals surface area contributed by atoms with Crippen molar-refractivity contribution in [3.8, 4) is 0 Å². The normalized spacial score (nSPS) is 14.2. The van der Waals surface area contributed by atoms with Crippen LogP contribution < -0.4 is 10.5 Å². The van der Waals surface area contributed by atoms with Crippen LogP contribution in [-0.4, -0.2) is 49.8 Å². The number of nitrogens with one attached hydrogen (secondary N) is 1. The standard InChI is InChI=1S/C12H25N5O2S/c1-6-17-8-11(12(13)14-17)20(18,19)15-10(9(2)3)7-16(4)5/h8-10,15H,6-7H2,1-5H3,(H2,13,14). The quantitative estimate of drug-likeness (QED) is 0.758. The highest BCUT2D eigenvalue weighted by atomic mass is 32.2. The van der Waals surface area contributed by atoms with E-state index < -0.39 is 10.0 Å². The summed E-state index contributed by atoms with van der Waals surface area (Å²) >= 11 is 0. The molecule has 8 heteroatoms. The minimum absolute atomic E-state index is 0.0340. The molecule has 0 amide bonds. The van der Waals surface area contributed by atoms with Crippen LogP contribution in [-0.2, 0) is 16.6 Å². The van der Waals surface area contributed by atoms with Gasteiger partial charge in [-0.2, -0.15) is 5.10 Å². The summed E-state index contributed by atoms with van der Waals surface area (Å²) in [5.74, 6) is 0.210. The Morgan fingerprint density at radius 1 is 1.45 bits per heavy atom. The van der Waals surface area contributed by atoms with E-state index in [-0.39, 0.29) is 22.7 Å². The zero-order chi connectivity index (χ0) is 15.5. The van der Waals surface area contributed by atoms with Gasteiger partial charge >= 0.3 is 0 Å². The Labute approximate surface area is 121 Å². The minimum Gasteiger partial charge on any atom is -0.381 e. The van der Waals surface area contributed by atoms with Crippen molar-refractivity contribution in [2.24, 2.45) is 5.92 Å². The summed E-state index contributed by atoms with van der Waals surface area (Å²) < 4.78 is 29.1. The smallest absolute Gasteiger partial charge is 0.246 e. The molecule has 0 spiro atoms. The molecule has 1 rings (SSSR count). The molecule has 1 aromatic rings. The molecule has 0 saturated heterocycles. The number of hydrogen-bond donors (Lipinski definition) is 2. The molecule has 1 aromatic heterocycles. The van der Waals surface area contributed by atoms with E-state index in [1.54, 1.807) is 0 Å². The predicted octanol–water partition coefficient (Wildman–Crippen LogP) is 0.350. The van der Waals surface area contributed by atoms with Gasteiger partial charge in [0.25, 0.3) is 0 Å². The molecule has 0 aliphatic rings. The Morgan fingerprint density at radius 2 is 2.05 bits per heavy atom. The number of anilines is 1. The van der Waals surface area contributed by atoms with Crippen LogP contribution in [0.1, 0.15) is 20.8 Å². The van der Waals surface area contributed by atoms with E-state index in [9.17, 15) is 8.42 Å². The van der Waals surface area contributed by atoms with Crippen LogP contribution >= 0.6 is 0 Å². The lowest BCUT2D eigenvalue weighted by Crippen LogP contribution is -2.44. The topological polar surface area (TPSA) is 93.2 Å². The van der Waals surface area contributed by atoms with Crippen LogP contribution in [0.5, 0.6) is 0 Å². The van der Waals surface area contributed by atoms with Crippen LogP contribution in [0.2, 0.25) is 0 Å². The lowest BCUT2D eigenvalue weighted by molar-refractivity contribution is 0.314. The lowest BCUT2D eigenvalue weighted by atomic mass is 10.1. The Kier molecular flexibility index (Phi) is 5.55. The Balaban J connectivity index is 3.00. The lowest BCUT2D eigenvalue weighted by Gasteiger charge is -2.25. The third-order valence-electron chi connectivity index (χ3n) is 3.04.